The molecule has 0 N–H and O–H groups in total. The first-order valence-electron chi connectivity index (χ1n) is 5.05. The van der Waals surface area contributed by atoms with E-state index < -0.39 is 0 Å². The lowest BCUT2D eigenvalue weighted by atomic mass is 10.2. The number of carbonyl (C=O) groups excluding carboxylic acids is 1. The summed E-state index contributed by atoms with van der Waals surface area (Å²) in [6, 6.07) is 0. The third kappa shape index (κ3) is 1.92. The molecule has 4 nitrogen and oxygen atoms in total. The van der Waals surface area contributed by atoms with Crippen LogP contribution in [0.4, 0.5) is 0 Å². The second kappa shape index (κ2) is 4.33. The number of aromatic nitrogens is 2. The maximum Gasteiger partial charge on any atom is 0.155 e. The van der Waals surface area contributed by atoms with Gasteiger partial charge in [-0.1, -0.05) is 11.6 Å². The number of carbonyl (C=O) groups is 1. The molecule has 0 bridgehead atoms. The monoisotopic (exact) mass is 228 g/mol. The minimum atomic E-state index is -0.112. The minimum Gasteiger partial charge on any atom is -0.356 e. The molecule has 1 aliphatic heterocycles. The van der Waals surface area contributed by atoms with Gasteiger partial charge in [-0.05, 0) is 26.2 Å². The Labute approximate surface area is 93.2 Å². The molecule has 1 aromatic rings. The van der Waals surface area contributed by atoms with Crippen molar-refractivity contribution in [1.29, 1.82) is 0 Å². The van der Waals surface area contributed by atoms with Crippen molar-refractivity contribution in [3.8, 4) is 0 Å². The smallest absolute Gasteiger partial charge is 0.155 e. The quantitative estimate of drug-likeness (QED) is 0.730. The minimum absolute atomic E-state index is 0.112. The molecule has 0 amide bonds. The maximum absolute atomic E-state index is 10.8. The Morgan fingerprint density at radius 2 is 2.40 bits per heavy atom. The van der Waals surface area contributed by atoms with E-state index >= 15 is 0 Å². The average Bonchev–Trinajstić information content (AvgIpc) is 2.55. The number of hydrogen-bond acceptors (Lipinski definition) is 3. The van der Waals surface area contributed by atoms with Gasteiger partial charge in [0.15, 0.2) is 12.5 Å². The summed E-state index contributed by atoms with van der Waals surface area (Å²) >= 11 is 6.05. The van der Waals surface area contributed by atoms with Gasteiger partial charge < -0.3 is 4.74 Å². The number of aldehydes is 1. The predicted octanol–water partition coefficient (Wildman–Crippen LogP) is 2.36. The van der Waals surface area contributed by atoms with Crippen molar-refractivity contribution in [1.82, 2.24) is 9.78 Å². The molecule has 0 saturated carbocycles. The van der Waals surface area contributed by atoms with Crippen LogP contribution >= 0.6 is 11.6 Å². The average molecular weight is 229 g/mol. The highest BCUT2D eigenvalue weighted by atomic mass is 35.5. The SMILES string of the molecule is Cc1nn([C@@H]2CCCCO2)c(Cl)c1C=O. The standard InChI is InChI=1S/C10H13ClN2O2/c1-7-8(6-14)10(11)13(12-7)9-4-2-3-5-15-9/h6,9H,2-5H2,1H3/t9-/m0/s1. The van der Waals surface area contributed by atoms with Crippen LogP contribution in [-0.2, 0) is 4.74 Å². The number of aryl methyl sites for hydroxylation is 1. The number of rotatable bonds is 2. The molecule has 1 aliphatic rings. The Balaban J connectivity index is 2.31. The lowest BCUT2D eigenvalue weighted by molar-refractivity contribution is -0.0394. The number of hydrogen-bond donors (Lipinski definition) is 0. The van der Waals surface area contributed by atoms with Gasteiger partial charge in [0.25, 0.3) is 0 Å². The van der Waals surface area contributed by atoms with Crippen LogP contribution < -0.4 is 0 Å². The van der Waals surface area contributed by atoms with Crippen LogP contribution in [0, 0.1) is 6.92 Å². The largest absolute Gasteiger partial charge is 0.356 e. The Hall–Kier alpha value is -0.870. The normalized spacial score (nSPS) is 21.6. The maximum atomic E-state index is 10.8. The van der Waals surface area contributed by atoms with Gasteiger partial charge >= 0.3 is 0 Å². The first-order chi connectivity index (χ1) is 7.24. The first kappa shape index (κ1) is 10.6. The van der Waals surface area contributed by atoms with Crippen molar-refractivity contribution >= 4 is 17.9 Å². The van der Waals surface area contributed by atoms with Crippen LogP contribution in [0.5, 0.6) is 0 Å². The van der Waals surface area contributed by atoms with Gasteiger partial charge in [-0.2, -0.15) is 5.10 Å². The van der Waals surface area contributed by atoms with Gasteiger partial charge in [0.1, 0.15) is 5.15 Å². The van der Waals surface area contributed by atoms with E-state index in [9.17, 15) is 4.79 Å². The molecule has 2 heterocycles. The highest BCUT2D eigenvalue weighted by Gasteiger charge is 2.22. The Bertz CT molecular complexity index is 370. The van der Waals surface area contributed by atoms with Crippen LogP contribution in [0.15, 0.2) is 0 Å². The van der Waals surface area contributed by atoms with E-state index in [2.05, 4.69) is 5.10 Å². The summed E-state index contributed by atoms with van der Waals surface area (Å²) in [5, 5.41) is 4.62. The molecular weight excluding hydrogens is 216 g/mol. The summed E-state index contributed by atoms with van der Waals surface area (Å²) in [5.41, 5.74) is 1.12. The van der Waals surface area contributed by atoms with Crippen LogP contribution in [0.2, 0.25) is 5.15 Å². The zero-order valence-corrected chi connectivity index (χ0v) is 9.33. The van der Waals surface area contributed by atoms with Crippen LogP contribution in [-0.4, -0.2) is 22.7 Å². The fraction of sp³-hybridized carbons (Fsp3) is 0.600. The van der Waals surface area contributed by atoms with E-state index in [1.165, 1.54) is 0 Å². The first-order valence-corrected chi connectivity index (χ1v) is 5.43. The number of ether oxygens (including phenoxy) is 1. The van der Waals surface area contributed by atoms with E-state index in [1.807, 2.05) is 0 Å². The van der Waals surface area contributed by atoms with Crippen LogP contribution in [0.1, 0.15) is 41.5 Å². The third-order valence-corrected chi connectivity index (χ3v) is 2.99. The second-order valence-electron chi connectivity index (χ2n) is 3.67. The zero-order chi connectivity index (χ0) is 10.8. The van der Waals surface area contributed by atoms with Crippen molar-refractivity contribution in [3.05, 3.63) is 16.4 Å². The zero-order valence-electron chi connectivity index (χ0n) is 8.57. The summed E-state index contributed by atoms with van der Waals surface area (Å²) in [4.78, 5) is 10.8. The summed E-state index contributed by atoms with van der Waals surface area (Å²) in [7, 11) is 0. The van der Waals surface area contributed by atoms with E-state index in [4.69, 9.17) is 16.3 Å². The molecule has 1 saturated heterocycles. The molecule has 82 valence electrons. The van der Waals surface area contributed by atoms with Gasteiger partial charge in [-0.3, -0.25) is 4.79 Å². The van der Waals surface area contributed by atoms with Crippen molar-refractivity contribution in [2.45, 2.75) is 32.4 Å². The summed E-state index contributed by atoms with van der Waals surface area (Å²) < 4.78 is 7.17. The fourth-order valence-electron chi connectivity index (χ4n) is 1.77. The Kier molecular flexibility index (Phi) is 3.07. The Morgan fingerprint density at radius 1 is 1.60 bits per heavy atom. The Morgan fingerprint density at radius 3 is 2.93 bits per heavy atom. The number of halogens is 1. The van der Waals surface area contributed by atoms with Crippen molar-refractivity contribution in [2.24, 2.45) is 0 Å². The molecule has 2 rings (SSSR count). The van der Waals surface area contributed by atoms with E-state index in [1.54, 1.807) is 11.6 Å². The number of nitrogens with zero attached hydrogens (tertiary/aromatic N) is 2. The molecule has 0 radical (unpaired) electrons. The molecule has 1 aromatic heterocycles. The van der Waals surface area contributed by atoms with Gasteiger partial charge in [0, 0.05) is 6.61 Å². The predicted molar refractivity (Wildman–Crippen MR) is 56.2 cm³/mol. The van der Waals surface area contributed by atoms with Gasteiger partial charge in [-0.25, -0.2) is 4.68 Å². The van der Waals surface area contributed by atoms with E-state index in [0.29, 0.717) is 16.4 Å². The molecular formula is C10H13ClN2O2. The fourth-order valence-corrected chi connectivity index (χ4v) is 2.10. The molecule has 15 heavy (non-hydrogen) atoms. The summed E-state index contributed by atoms with van der Waals surface area (Å²) in [6.07, 6.45) is 3.72. The molecule has 0 unspecified atom stereocenters. The van der Waals surface area contributed by atoms with E-state index in [0.717, 1.165) is 32.2 Å². The molecule has 1 fully saturated rings. The van der Waals surface area contributed by atoms with Crippen LogP contribution in [0.25, 0.3) is 0 Å². The van der Waals surface area contributed by atoms with Crippen molar-refractivity contribution in [3.63, 3.8) is 0 Å². The molecule has 0 aliphatic carbocycles. The topological polar surface area (TPSA) is 44.1 Å². The second-order valence-corrected chi connectivity index (χ2v) is 4.03. The summed E-state index contributed by atoms with van der Waals surface area (Å²) in [5.74, 6) is 0. The molecule has 1 atom stereocenters. The molecule has 5 heteroatoms. The highest BCUT2D eigenvalue weighted by molar-refractivity contribution is 6.32. The van der Waals surface area contributed by atoms with E-state index in [-0.39, 0.29) is 6.23 Å². The van der Waals surface area contributed by atoms with Gasteiger partial charge in [-0.15, -0.1) is 0 Å². The highest BCUT2D eigenvalue weighted by Crippen LogP contribution is 2.28. The molecule has 0 spiro atoms. The summed E-state index contributed by atoms with van der Waals surface area (Å²) in [6.45, 7) is 2.51. The molecule has 0 aromatic carbocycles. The van der Waals surface area contributed by atoms with Crippen LogP contribution in [0.3, 0.4) is 0 Å². The van der Waals surface area contributed by atoms with Crippen molar-refractivity contribution < 1.29 is 9.53 Å². The third-order valence-electron chi connectivity index (χ3n) is 2.62. The lowest BCUT2D eigenvalue weighted by Gasteiger charge is -2.23. The van der Waals surface area contributed by atoms with Gasteiger partial charge in [0.2, 0.25) is 0 Å². The van der Waals surface area contributed by atoms with Crippen molar-refractivity contribution in [2.75, 3.05) is 6.61 Å². The van der Waals surface area contributed by atoms with Gasteiger partial charge in [0.05, 0.1) is 11.3 Å². The lowest BCUT2D eigenvalue weighted by Crippen LogP contribution is -2.19.